The first kappa shape index (κ1) is 18.3. The average Bonchev–Trinajstić information content (AvgIpc) is 3.08. The molecular formula is C17H16FN5O4S. The van der Waals surface area contributed by atoms with Gasteiger partial charge in [0.05, 0.1) is 6.20 Å². The van der Waals surface area contributed by atoms with E-state index in [2.05, 4.69) is 4.98 Å². The molecule has 0 saturated carbocycles. The van der Waals surface area contributed by atoms with Crippen LogP contribution in [0.1, 0.15) is 0 Å². The summed E-state index contributed by atoms with van der Waals surface area (Å²) in [6, 6.07) is 10.3. The third-order valence-electron chi connectivity index (χ3n) is 4.65. The fourth-order valence-corrected chi connectivity index (χ4v) is 4.77. The van der Waals surface area contributed by atoms with Crippen molar-refractivity contribution in [1.82, 2.24) is 13.7 Å². The number of halogens is 1. The number of hydrogen-bond acceptors (Lipinski definition) is 6. The van der Waals surface area contributed by atoms with E-state index in [-0.39, 0.29) is 42.7 Å². The number of piperazine rings is 1. The number of rotatable bonds is 4. The average molecular weight is 405 g/mol. The van der Waals surface area contributed by atoms with Crippen molar-refractivity contribution < 1.29 is 17.7 Å². The molecule has 1 aliphatic heterocycles. The van der Waals surface area contributed by atoms with Crippen LogP contribution in [0.3, 0.4) is 0 Å². The molecule has 3 aromatic rings. The second kappa shape index (κ2) is 6.84. The molecule has 0 radical (unpaired) electrons. The molecular weight excluding hydrogens is 389 g/mol. The maximum atomic E-state index is 13.9. The molecule has 0 N–H and O–H groups in total. The highest BCUT2D eigenvalue weighted by atomic mass is 32.2. The van der Waals surface area contributed by atoms with Crippen molar-refractivity contribution in [3.63, 3.8) is 0 Å². The van der Waals surface area contributed by atoms with Gasteiger partial charge in [-0.3, -0.25) is 0 Å². The normalized spacial score (nSPS) is 15.8. The molecule has 2 aromatic heterocycles. The maximum Gasteiger partial charge on any atom is 0.372 e. The van der Waals surface area contributed by atoms with Gasteiger partial charge in [-0.15, -0.1) is 0 Å². The second-order valence-corrected chi connectivity index (χ2v) is 8.17. The fraction of sp³-hybridized carbons (Fsp3) is 0.235. The van der Waals surface area contributed by atoms with E-state index >= 15 is 0 Å². The van der Waals surface area contributed by atoms with Crippen molar-refractivity contribution in [2.24, 2.45) is 0 Å². The van der Waals surface area contributed by atoms with Crippen LogP contribution in [-0.4, -0.2) is 53.2 Å². The zero-order chi connectivity index (χ0) is 19.9. The Morgan fingerprint density at radius 3 is 2.39 bits per heavy atom. The molecule has 0 atom stereocenters. The SMILES string of the molecule is O=[N+]([O-])c1c(N2CCN(S(=O)(=O)c3ccccc3F)CC2)nc2ccccn12. The Morgan fingerprint density at radius 2 is 1.71 bits per heavy atom. The summed E-state index contributed by atoms with van der Waals surface area (Å²) in [5, 5.41) is 11.6. The Kier molecular flexibility index (Phi) is 4.47. The molecule has 0 spiro atoms. The number of benzene rings is 1. The van der Waals surface area contributed by atoms with Gasteiger partial charge in [0.15, 0.2) is 0 Å². The van der Waals surface area contributed by atoms with Gasteiger partial charge in [0.2, 0.25) is 21.5 Å². The van der Waals surface area contributed by atoms with Crippen LogP contribution in [0.5, 0.6) is 0 Å². The number of nitrogens with zero attached hydrogens (tertiary/aromatic N) is 5. The van der Waals surface area contributed by atoms with Gasteiger partial charge < -0.3 is 15.0 Å². The van der Waals surface area contributed by atoms with Crippen molar-refractivity contribution in [1.29, 1.82) is 0 Å². The van der Waals surface area contributed by atoms with Crippen molar-refractivity contribution in [3.8, 4) is 0 Å². The third kappa shape index (κ3) is 2.98. The first-order chi connectivity index (χ1) is 13.4. The lowest BCUT2D eigenvalue weighted by Crippen LogP contribution is -2.49. The van der Waals surface area contributed by atoms with E-state index in [0.29, 0.717) is 5.65 Å². The van der Waals surface area contributed by atoms with Crippen molar-refractivity contribution >= 4 is 27.3 Å². The fourth-order valence-electron chi connectivity index (χ4n) is 3.29. The van der Waals surface area contributed by atoms with Gasteiger partial charge in [0, 0.05) is 32.2 Å². The Hall–Kier alpha value is -3.05. The van der Waals surface area contributed by atoms with Gasteiger partial charge in [-0.05, 0) is 23.1 Å². The number of pyridine rings is 1. The molecule has 1 aliphatic rings. The van der Waals surface area contributed by atoms with Crippen LogP contribution >= 0.6 is 0 Å². The van der Waals surface area contributed by atoms with E-state index in [1.165, 1.54) is 26.9 Å². The molecule has 28 heavy (non-hydrogen) atoms. The molecule has 146 valence electrons. The van der Waals surface area contributed by atoms with Crippen LogP contribution in [0.4, 0.5) is 16.0 Å². The smallest absolute Gasteiger partial charge is 0.358 e. The van der Waals surface area contributed by atoms with Gasteiger partial charge >= 0.3 is 5.82 Å². The highest BCUT2D eigenvalue weighted by Gasteiger charge is 2.34. The molecule has 9 nitrogen and oxygen atoms in total. The minimum atomic E-state index is -3.98. The molecule has 3 heterocycles. The summed E-state index contributed by atoms with van der Waals surface area (Å²) < 4.78 is 41.9. The lowest BCUT2D eigenvalue weighted by Gasteiger charge is -2.33. The number of sulfonamides is 1. The Bertz CT molecular complexity index is 1160. The summed E-state index contributed by atoms with van der Waals surface area (Å²) in [4.78, 5) is 16.7. The quantitative estimate of drug-likeness (QED) is 0.485. The van der Waals surface area contributed by atoms with Gasteiger partial charge in [0.25, 0.3) is 0 Å². The summed E-state index contributed by atoms with van der Waals surface area (Å²) in [5.41, 5.74) is 0.436. The summed E-state index contributed by atoms with van der Waals surface area (Å²) >= 11 is 0. The highest BCUT2D eigenvalue weighted by Crippen LogP contribution is 2.30. The zero-order valence-electron chi connectivity index (χ0n) is 14.6. The summed E-state index contributed by atoms with van der Waals surface area (Å²) in [7, 11) is -3.98. The Balaban J connectivity index is 1.60. The van der Waals surface area contributed by atoms with Crippen LogP contribution in [0.2, 0.25) is 0 Å². The standard InChI is InChI=1S/C17H16FN5O4S/c18-13-5-1-2-6-14(13)28(26,27)21-11-9-20(10-12-21)16-17(23(24)25)22-8-4-3-7-15(22)19-16/h1-8H,9-12H2. The molecule has 0 unspecified atom stereocenters. The molecule has 0 bridgehead atoms. The zero-order valence-corrected chi connectivity index (χ0v) is 15.4. The molecule has 0 aliphatic carbocycles. The van der Waals surface area contributed by atoms with Gasteiger partial charge in [-0.1, -0.05) is 18.2 Å². The number of aromatic nitrogens is 2. The summed E-state index contributed by atoms with van der Waals surface area (Å²) in [5.74, 6) is -0.777. The predicted molar refractivity (Wildman–Crippen MR) is 99.2 cm³/mol. The van der Waals surface area contributed by atoms with Crippen LogP contribution in [0, 0.1) is 15.9 Å². The third-order valence-corrected chi connectivity index (χ3v) is 6.58. The van der Waals surface area contributed by atoms with E-state index < -0.39 is 20.8 Å². The number of nitro groups is 1. The lowest BCUT2D eigenvalue weighted by molar-refractivity contribution is -0.389. The minimum absolute atomic E-state index is 0.0711. The molecule has 1 fully saturated rings. The number of imidazole rings is 1. The van der Waals surface area contributed by atoms with Crippen molar-refractivity contribution in [3.05, 3.63) is 64.6 Å². The van der Waals surface area contributed by atoms with E-state index in [1.54, 1.807) is 29.3 Å². The lowest BCUT2D eigenvalue weighted by atomic mass is 10.3. The second-order valence-electron chi connectivity index (χ2n) is 6.27. The van der Waals surface area contributed by atoms with Crippen molar-refractivity contribution in [2.75, 3.05) is 31.1 Å². The van der Waals surface area contributed by atoms with Crippen LogP contribution < -0.4 is 4.90 Å². The number of fused-ring (bicyclic) bond motifs is 1. The first-order valence-electron chi connectivity index (χ1n) is 8.50. The molecule has 0 amide bonds. The topological polar surface area (TPSA) is 101 Å². The molecule has 1 saturated heterocycles. The Morgan fingerprint density at radius 1 is 1.04 bits per heavy atom. The maximum absolute atomic E-state index is 13.9. The summed E-state index contributed by atoms with van der Waals surface area (Å²) in [6.07, 6.45) is 1.56. The Labute approximate surface area is 159 Å². The monoisotopic (exact) mass is 405 g/mol. The van der Waals surface area contributed by atoms with Gasteiger partial charge in [-0.25, -0.2) is 12.8 Å². The highest BCUT2D eigenvalue weighted by molar-refractivity contribution is 7.89. The minimum Gasteiger partial charge on any atom is -0.358 e. The van der Waals surface area contributed by atoms with Crippen molar-refractivity contribution in [2.45, 2.75) is 4.90 Å². The molecule has 4 rings (SSSR count). The van der Waals surface area contributed by atoms with E-state index in [4.69, 9.17) is 0 Å². The van der Waals surface area contributed by atoms with Crippen LogP contribution in [0.15, 0.2) is 53.6 Å². The van der Waals surface area contributed by atoms with Crippen LogP contribution in [-0.2, 0) is 10.0 Å². The molecule has 1 aromatic carbocycles. The van der Waals surface area contributed by atoms with Gasteiger partial charge in [0.1, 0.15) is 10.7 Å². The number of hydrogen-bond donors (Lipinski definition) is 0. The van der Waals surface area contributed by atoms with E-state index in [9.17, 15) is 22.9 Å². The number of anilines is 1. The van der Waals surface area contributed by atoms with E-state index in [0.717, 1.165) is 6.07 Å². The largest absolute Gasteiger partial charge is 0.372 e. The van der Waals surface area contributed by atoms with Gasteiger partial charge in [-0.2, -0.15) is 13.7 Å². The van der Waals surface area contributed by atoms with Crippen LogP contribution in [0.25, 0.3) is 5.65 Å². The van der Waals surface area contributed by atoms with E-state index in [1.807, 2.05) is 0 Å². The predicted octanol–water partition coefficient (Wildman–Crippen LogP) is 1.89. The first-order valence-corrected chi connectivity index (χ1v) is 9.95. The molecule has 11 heteroatoms. The summed E-state index contributed by atoms with van der Waals surface area (Å²) in [6.45, 7) is 0.556.